The predicted molar refractivity (Wildman–Crippen MR) is 110 cm³/mol. The predicted octanol–water partition coefficient (Wildman–Crippen LogP) is 0.835. The molecule has 0 spiro atoms. The molecule has 0 amide bonds. The van der Waals surface area contributed by atoms with Crippen molar-refractivity contribution in [3.63, 3.8) is 0 Å². The van der Waals surface area contributed by atoms with E-state index in [4.69, 9.17) is 28.4 Å². The van der Waals surface area contributed by atoms with Crippen molar-refractivity contribution < 1.29 is 57.3 Å². The topological polar surface area (TPSA) is 184 Å². The summed E-state index contributed by atoms with van der Waals surface area (Å²) in [4.78, 5) is 69.5. The van der Waals surface area contributed by atoms with E-state index in [1.807, 2.05) is 0 Å². The maximum Gasteiger partial charge on any atom is 0.340 e. The van der Waals surface area contributed by atoms with Gasteiger partial charge in [0.15, 0.2) is 12.2 Å². The number of nitrogens with zero attached hydrogens (tertiary/aromatic N) is 1. The lowest BCUT2D eigenvalue weighted by Crippen LogP contribution is -2.63. The fraction of sp³-hybridized carbons (Fsp3) is 0.476. The maximum absolute atomic E-state index is 12.7. The third-order valence-electron chi connectivity index (χ3n) is 4.49. The minimum absolute atomic E-state index is 0.108. The zero-order valence-corrected chi connectivity index (χ0v) is 19.2. The lowest BCUT2D eigenvalue weighted by Gasteiger charge is -2.43. The van der Waals surface area contributed by atoms with Crippen molar-refractivity contribution in [2.24, 2.45) is 0 Å². The van der Waals surface area contributed by atoms with Gasteiger partial charge in [0.05, 0.1) is 10.5 Å². The van der Waals surface area contributed by atoms with Crippen LogP contribution in [0.4, 0.5) is 5.69 Å². The molecule has 35 heavy (non-hydrogen) atoms. The molecule has 0 unspecified atom stereocenters. The molecule has 1 aliphatic heterocycles. The maximum atomic E-state index is 12.7. The highest BCUT2D eigenvalue weighted by Gasteiger charge is 2.53. The van der Waals surface area contributed by atoms with E-state index in [1.54, 1.807) is 0 Å². The van der Waals surface area contributed by atoms with Crippen LogP contribution in [-0.4, -0.2) is 72.1 Å². The standard InChI is InChI=1S/C21H23NO13/c1-10(23)30-9-16-17(31-11(2)24)18(32-12(3)25)19(33-13(4)26)21(34-16)35-20(27)14-5-7-15(8-6-14)22(28)29/h5-8,16-19,21H,9H2,1-4H3/t16-,17+,18+,19-,21+/m1/s1. The molecule has 1 aromatic rings. The number of rotatable bonds is 8. The van der Waals surface area contributed by atoms with Crippen molar-refractivity contribution in [3.05, 3.63) is 39.9 Å². The summed E-state index contributed by atoms with van der Waals surface area (Å²) in [5, 5.41) is 10.8. The van der Waals surface area contributed by atoms with Crippen LogP contribution in [0.15, 0.2) is 24.3 Å². The summed E-state index contributed by atoms with van der Waals surface area (Å²) < 4.78 is 31.5. The summed E-state index contributed by atoms with van der Waals surface area (Å²) in [5.74, 6) is -4.27. The SMILES string of the molecule is CC(=O)OC[C@H]1O[C@@H](OC(=O)c2ccc([N+](=O)[O-])cc2)[C@H](OC(C)=O)[C@@H](OC(C)=O)[C@H]1OC(C)=O. The molecular weight excluding hydrogens is 474 g/mol. The normalized spacial score (nSPS) is 23.4. The number of hydrogen-bond acceptors (Lipinski definition) is 13. The highest BCUT2D eigenvalue weighted by atomic mass is 16.7. The third kappa shape index (κ3) is 7.74. The Balaban J connectivity index is 2.42. The van der Waals surface area contributed by atoms with Gasteiger partial charge in [0.1, 0.15) is 12.7 Å². The molecule has 0 bridgehead atoms. The average molecular weight is 497 g/mol. The molecule has 14 nitrogen and oxygen atoms in total. The number of carbonyl (C=O) groups is 5. The van der Waals surface area contributed by atoms with Gasteiger partial charge in [0.25, 0.3) is 5.69 Å². The number of carbonyl (C=O) groups excluding carboxylic acids is 5. The van der Waals surface area contributed by atoms with Crippen LogP contribution in [0.2, 0.25) is 0 Å². The van der Waals surface area contributed by atoms with Crippen molar-refractivity contribution in [3.8, 4) is 0 Å². The number of esters is 5. The van der Waals surface area contributed by atoms with Gasteiger partial charge in [0, 0.05) is 39.8 Å². The highest BCUT2D eigenvalue weighted by molar-refractivity contribution is 5.89. The van der Waals surface area contributed by atoms with E-state index in [-0.39, 0.29) is 11.3 Å². The molecule has 2 rings (SSSR count). The van der Waals surface area contributed by atoms with E-state index in [0.29, 0.717) is 0 Å². The first-order valence-electron chi connectivity index (χ1n) is 10.1. The van der Waals surface area contributed by atoms with Crippen LogP contribution in [-0.2, 0) is 47.6 Å². The first-order chi connectivity index (χ1) is 16.4. The monoisotopic (exact) mass is 497 g/mol. The fourth-order valence-corrected chi connectivity index (χ4v) is 3.18. The molecule has 1 heterocycles. The van der Waals surface area contributed by atoms with Crippen molar-refractivity contribution >= 4 is 35.5 Å². The minimum atomic E-state index is -1.71. The average Bonchev–Trinajstić information content (AvgIpc) is 2.75. The molecule has 5 atom stereocenters. The van der Waals surface area contributed by atoms with Crippen LogP contribution in [0.25, 0.3) is 0 Å². The Kier molecular flexibility index (Phi) is 9.22. The molecule has 0 radical (unpaired) electrons. The lowest BCUT2D eigenvalue weighted by atomic mass is 9.98. The van der Waals surface area contributed by atoms with E-state index in [9.17, 15) is 34.1 Å². The molecular formula is C21H23NO13. The van der Waals surface area contributed by atoms with Gasteiger partial charge in [-0.15, -0.1) is 0 Å². The highest BCUT2D eigenvalue weighted by Crippen LogP contribution is 2.30. The van der Waals surface area contributed by atoms with Gasteiger partial charge in [-0.05, 0) is 12.1 Å². The van der Waals surface area contributed by atoms with Crippen LogP contribution >= 0.6 is 0 Å². The first kappa shape index (κ1) is 27.2. The smallest absolute Gasteiger partial charge is 0.340 e. The Labute approximate surface area is 198 Å². The van der Waals surface area contributed by atoms with E-state index >= 15 is 0 Å². The molecule has 1 aliphatic rings. The summed E-state index contributed by atoms with van der Waals surface area (Å²) >= 11 is 0. The Morgan fingerprint density at radius 1 is 0.800 bits per heavy atom. The zero-order valence-electron chi connectivity index (χ0n) is 19.2. The van der Waals surface area contributed by atoms with E-state index in [0.717, 1.165) is 52.0 Å². The minimum Gasteiger partial charge on any atom is -0.463 e. The third-order valence-corrected chi connectivity index (χ3v) is 4.49. The number of non-ortho nitro benzene ring substituents is 1. The largest absolute Gasteiger partial charge is 0.463 e. The molecule has 0 saturated carbocycles. The van der Waals surface area contributed by atoms with Gasteiger partial charge in [-0.3, -0.25) is 29.3 Å². The fourth-order valence-electron chi connectivity index (χ4n) is 3.18. The Morgan fingerprint density at radius 3 is 1.80 bits per heavy atom. The van der Waals surface area contributed by atoms with Crippen LogP contribution < -0.4 is 0 Å². The molecule has 0 aliphatic carbocycles. The van der Waals surface area contributed by atoms with E-state index in [2.05, 4.69) is 0 Å². The zero-order chi connectivity index (χ0) is 26.3. The van der Waals surface area contributed by atoms with Crippen molar-refractivity contribution in [2.45, 2.75) is 58.4 Å². The van der Waals surface area contributed by atoms with Gasteiger partial charge < -0.3 is 28.4 Å². The molecule has 190 valence electrons. The second-order valence-electron chi connectivity index (χ2n) is 7.28. The second kappa shape index (κ2) is 11.9. The van der Waals surface area contributed by atoms with Gasteiger partial charge in [0.2, 0.25) is 12.4 Å². The second-order valence-corrected chi connectivity index (χ2v) is 7.28. The van der Waals surface area contributed by atoms with Gasteiger partial charge >= 0.3 is 29.8 Å². The summed E-state index contributed by atoms with van der Waals surface area (Å²) in [6, 6.07) is 4.41. The molecule has 0 aromatic heterocycles. The molecule has 1 aromatic carbocycles. The van der Waals surface area contributed by atoms with Crippen LogP contribution in [0.5, 0.6) is 0 Å². The quantitative estimate of drug-likeness (QED) is 0.213. The van der Waals surface area contributed by atoms with Gasteiger partial charge in [-0.1, -0.05) is 0 Å². The first-order valence-corrected chi connectivity index (χ1v) is 10.1. The number of ether oxygens (including phenoxy) is 6. The Morgan fingerprint density at radius 2 is 1.31 bits per heavy atom. The van der Waals surface area contributed by atoms with E-state index in [1.165, 1.54) is 0 Å². The lowest BCUT2D eigenvalue weighted by molar-refractivity contribution is -0.384. The molecule has 14 heteroatoms. The van der Waals surface area contributed by atoms with Gasteiger partial charge in [-0.25, -0.2) is 4.79 Å². The summed E-state index contributed by atoms with van der Waals surface area (Å²) in [7, 11) is 0. The van der Waals surface area contributed by atoms with E-state index < -0.39 is 72.1 Å². The summed E-state index contributed by atoms with van der Waals surface area (Å²) in [6.45, 7) is 3.76. The van der Waals surface area contributed by atoms with Crippen molar-refractivity contribution in [1.82, 2.24) is 0 Å². The summed E-state index contributed by atoms with van der Waals surface area (Å²) in [5.41, 5.74) is -0.377. The number of nitro groups is 1. The van der Waals surface area contributed by atoms with Crippen molar-refractivity contribution in [1.29, 1.82) is 0 Å². The van der Waals surface area contributed by atoms with Crippen LogP contribution in [0.1, 0.15) is 38.1 Å². The molecule has 1 fully saturated rings. The van der Waals surface area contributed by atoms with Crippen LogP contribution in [0.3, 0.4) is 0 Å². The Hall–Kier alpha value is -4.07. The number of nitro benzene ring substituents is 1. The number of benzene rings is 1. The number of hydrogen-bond donors (Lipinski definition) is 0. The van der Waals surface area contributed by atoms with Crippen LogP contribution in [0, 0.1) is 10.1 Å². The van der Waals surface area contributed by atoms with Crippen molar-refractivity contribution in [2.75, 3.05) is 6.61 Å². The molecule has 1 saturated heterocycles. The summed E-state index contributed by atoms with van der Waals surface area (Å²) in [6.07, 6.45) is -7.51. The Bertz CT molecular complexity index is 989. The molecule has 0 N–H and O–H groups in total. The van der Waals surface area contributed by atoms with Gasteiger partial charge in [-0.2, -0.15) is 0 Å².